The van der Waals surface area contributed by atoms with Crippen molar-refractivity contribution >= 4 is 22.9 Å². The Balaban J connectivity index is 1.49. The van der Waals surface area contributed by atoms with Gasteiger partial charge < -0.3 is 24.1 Å². The summed E-state index contributed by atoms with van der Waals surface area (Å²) in [6, 6.07) is 16.3. The Bertz CT molecular complexity index is 1400. The van der Waals surface area contributed by atoms with E-state index < -0.39 is 11.4 Å². The summed E-state index contributed by atoms with van der Waals surface area (Å²) < 4.78 is 23.6. The minimum absolute atomic E-state index is 0.0276. The molecular formula is C34H41NO6. The average Bonchev–Trinajstić information content (AvgIpc) is 3.74. The first-order valence-corrected chi connectivity index (χ1v) is 14.5. The lowest BCUT2D eigenvalue weighted by Gasteiger charge is -2.39. The van der Waals surface area contributed by atoms with Crippen molar-refractivity contribution in [1.82, 2.24) is 4.98 Å². The topological polar surface area (TPSA) is 87.1 Å². The van der Waals surface area contributed by atoms with Crippen molar-refractivity contribution in [3.05, 3.63) is 65.9 Å². The molecule has 1 N–H and O–H groups in total. The Kier molecular flexibility index (Phi) is 8.50. The smallest absolute Gasteiger partial charge is 0.308 e. The van der Waals surface area contributed by atoms with Gasteiger partial charge in [-0.2, -0.15) is 0 Å². The van der Waals surface area contributed by atoms with Crippen molar-refractivity contribution in [2.75, 3.05) is 13.2 Å². The molecule has 1 aromatic heterocycles. The normalized spacial score (nSPS) is 20.8. The van der Waals surface area contributed by atoms with E-state index in [2.05, 4.69) is 36.4 Å². The third-order valence-corrected chi connectivity index (χ3v) is 7.10. The first-order valence-electron chi connectivity index (χ1n) is 14.5. The zero-order valence-electron chi connectivity index (χ0n) is 24.7. The first kappa shape index (κ1) is 29.2. The fraction of sp³-hybridized carbons (Fsp3) is 0.471. The van der Waals surface area contributed by atoms with Gasteiger partial charge >= 0.3 is 5.97 Å². The summed E-state index contributed by atoms with van der Waals surface area (Å²) in [6.45, 7) is 9.60. The molecule has 1 saturated heterocycles. The van der Waals surface area contributed by atoms with Gasteiger partial charge in [-0.25, -0.2) is 0 Å². The molecule has 7 heteroatoms. The second kappa shape index (κ2) is 11.9. The Morgan fingerprint density at radius 1 is 1.10 bits per heavy atom. The van der Waals surface area contributed by atoms with E-state index in [0.717, 1.165) is 51.9 Å². The van der Waals surface area contributed by atoms with Gasteiger partial charge in [0.25, 0.3) is 0 Å². The molecule has 2 heterocycles. The van der Waals surface area contributed by atoms with E-state index >= 15 is 0 Å². The molecule has 218 valence electrons. The van der Waals surface area contributed by atoms with Gasteiger partial charge in [0, 0.05) is 28.9 Å². The highest BCUT2D eigenvalue weighted by atomic mass is 16.7. The molecule has 2 fully saturated rings. The lowest BCUT2D eigenvalue weighted by atomic mass is 9.92. The molecule has 0 bridgehead atoms. The minimum Gasteiger partial charge on any atom is -0.491 e. The molecule has 7 nitrogen and oxygen atoms in total. The number of carbonyl (C=O) groups excluding carboxylic acids is 1. The summed E-state index contributed by atoms with van der Waals surface area (Å²) >= 11 is 0. The number of para-hydroxylation sites is 1. The number of hydrogen-bond acceptors (Lipinski definition) is 7. The average molecular weight is 560 g/mol. The molecule has 2 aliphatic rings. The van der Waals surface area contributed by atoms with Gasteiger partial charge in [0.15, 0.2) is 5.79 Å². The zero-order chi connectivity index (χ0) is 29.2. The first-order chi connectivity index (χ1) is 19.5. The SMILES string of the molecule is CC(C)(C)OC(=O)C[C@H]1C[C@@H](/C=C/c2c(C3CC3)nc3ccccc3c2-c2ccc(OCCO)cc2)OC(C)(C)O1. The van der Waals surface area contributed by atoms with E-state index in [1.54, 1.807) is 0 Å². The predicted molar refractivity (Wildman–Crippen MR) is 160 cm³/mol. The van der Waals surface area contributed by atoms with Gasteiger partial charge in [-0.1, -0.05) is 42.5 Å². The van der Waals surface area contributed by atoms with Crippen LogP contribution in [0.3, 0.4) is 0 Å². The number of carbonyl (C=O) groups is 1. The minimum atomic E-state index is -0.839. The molecule has 0 radical (unpaired) electrons. The number of rotatable bonds is 9. The summed E-state index contributed by atoms with van der Waals surface area (Å²) in [6.07, 6.45) is 6.65. The van der Waals surface area contributed by atoms with Crippen molar-refractivity contribution < 1.29 is 28.8 Å². The van der Waals surface area contributed by atoms with Crippen molar-refractivity contribution in [2.24, 2.45) is 0 Å². The number of nitrogens with zero attached hydrogens (tertiary/aromatic N) is 1. The van der Waals surface area contributed by atoms with Crippen LogP contribution in [-0.4, -0.2) is 52.9 Å². The van der Waals surface area contributed by atoms with Gasteiger partial charge in [-0.3, -0.25) is 9.78 Å². The van der Waals surface area contributed by atoms with Crippen LogP contribution in [0.5, 0.6) is 5.75 Å². The molecule has 0 unspecified atom stereocenters. The summed E-state index contributed by atoms with van der Waals surface area (Å²) in [5, 5.41) is 10.2. The van der Waals surface area contributed by atoms with Gasteiger partial charge in [-0.05, 0) is 71.2 Å². The number of hydrogen-bond donors (Lipinski definition) is 1. The highest BCUT2D eigenvalue weighted by molar-refractivity contribution is 5.99. The lowest BCUT2D eigenvalue weighted by Crippen LogP contribution is -2.45. The molecule has 1 aliphatic heterocycles. The maximum atomic E-state index is 12.6. The summed E-state index contributed by atoms with van der Waals surface area (Å²) in [5.74, 6) is 0.0340. The molecule has 41 heavy (non-hydrogen) atoms. The van der Waals surface area contributed by atoms with E-state index in [4.69, 9.17) is 29.0 Å². The summed E-state index contributed by atoms with van der Waals surface area (Å²) in [4.78, 5) is 17.7. The molecule has 0 amide bonds. The number of fused-ring (bicyclic) bond motifs is 1. The fourth-order valence-corrected chi connectivity index (χ4v) is 5.44. The predicted octanol–water partition coefficient (Wildman–Crippen LogP) is 6.81. The van der Waals surface area contributed by atoms with E-state index in [1.165, 1.54) is 0 Å². The Morgan fingerprint density at radius 2 is 1.83 bits per heavy atom. The molecule has 3 aromatic rings. The van der Waals surface area contributed by atoms with Crippen LogP contribution in [0.2, 0.25) is 0 Å². The fourth-order valence-electron chi connectivity index (χ4n) is 5.44. The molecule has 0 spiro atoms. The number of benzene rings is 2. The van der Waals surface area contributed by atoms with Crippen molar-refractivity contribution in [1.29, 1.82) is 0 Å². The third kappa shape index (κ3) is 7.53. The molecule has 5 rings (SSSR count). The van der Waals surface area contributed by atoms with Crippen LogP contribution in [0.15, 0.2) is 54.6 Å². The molecule has 1 saturated carbocycles. The largest absolute Gasteiger partial charge is 0.491 e. The van der Waals surface area contributed by atoms with E-state index in [-0.39, 0.29) is 37.8 Å². The third-order valence-electron chi connectivity index (χ3n) is 7.10. The molecule has 1 aliphatic carbocycles. The molecule has 2 atom stereocenters. The number of aromatic nitrogens is 1. The Labute approximate surface area is 242 Å². The monoisotopic (exact) mass is 559 g/mol. The summed E-state index contributed by atoms with van der Waals surface area (Å²) in [7, 11) is 0. The van der Waals surface area contributed by atoms with Gasteiger partial charge in [0.05, 0.1) is 36.4 Å². The van der Waals surface area contributed by atoms with Crippen LogP contribution in [0.4, 0.5) is 0 Å². The number of pyridine rings is 1. The summed E-state index contributed by atoms with van der Waals surface area (Å²) in [5.41, 5.74) is 4.82. The number of ether oxygens (including phenoxy) is 4. The maximum absolute atomic E-state index is 12.6. The van der Waals surface area contributed by atoms with Gasteiger partial charge in [-0.15, -0.1) is 0 Å². The second-order valence-corrected chi connectivity index (χ2v) is 12.4. The van der Waals surface area contributed by atoms with E-state index in [1.807, 2.05) is 58.9 Å². The van der Waals surface area contributed by atoms with Crippen LogP contribution in [0, 0.1) is 0 Å². The Morgan fingerprint density at radius 3 is 2.51 bits per heavy atom. The number of aliphatic hydroxyl groups is 1. The van der Waals surface area contributed by atoms with Crippen molar-refractivity contribution in [3.63, 3.8) is 0 Å². The van der Waals surface area contributed by atoms with Crippen LogP contribution in [-0.2, 0) is 19.0 Å². The van der Waals surface area contributed by atoms with Gasteiger partial charge in [0.1, 0.15) is 18.0 Å². The van der Waals surface area contributed by atoms with Crippen LogP contribution in [0.1, 0.15) is 77.5 Å². The molecular weight excluding hydrogens is 518 g/mol. The number of esters is 1. The van der Waals surface area contributed by atoms with Crippen LogP contribution < -0.4 is 4.74 Å². The lowest BCUT2D eigenvalue weighted by molar-refractivity contribution is -0.290. The van der Waals surface area contributed by atoms with Gasteiger partial charge in [0.2, 0.25) is 0 Å². The maximum Gasteiger partial charge on any atom is 0.308 e. The van der Waals surface area contributed by atoms with Crippen molar-refractivity contribution in [3.8, 4) is 16.9 Å². The number of aliphatic hydroxyl groups excluding tert-OH is 1. The Hall–Kier alpha value is -3.26. The highest BCUT2D eigenvalue weighted by Crippen LogP contribution is 2.45. The van der Waals surface area contributed by atoms with E-state index in [9.17, 15) is 4.79 Å². The van der Waals surface area contributed by atoms with Crippen LogP contribution in [0.25, 0.3) is 28.1 Å². The second-order valence-electron chi connectivity index (χ2n) is 12.4. The van der Waals surface area contributed by atoms with Crippen LogP contribution >= 0.6 is 0 Å². The van der Waals surface area contributed by atoms with Crippen molar-refractivity contribution in [2.45, 2.75) is 89.8 Å². The zero-order valence-corrected chi connectivity index (χ0v) is 24.7. The molecule has 2 aromatic carbocycles. The van der Waals surface area contributed by atoms with E-state index in [0.29, 0.717) is 12.3 Å². The highest BCUT2D eigenvalue weighted by Gasteiger charge is 2.36. The standard InChI is InChI=1S/C34H41NO6/c1-33(2,3)41-30(37)21-26-20-25(39-34(4,5)40-26)16-17-28-31(22-12-14-24(15-13-22)38-19-18-36)27-8-6-7-9-29(27)35-32(28)23-10-11-23/h6-9,12-17,23,25-26,36H,10-11,18-21H2,1-5H3/b17-16+/t25-,26-/m1/s1. The quantitative estimate of drug-likeness (QED) is 0.288.